The van der Waals surface area contributed by atoms with E-state index in [1.165, 1.54) is 16.7 Å². The van der Waals surface area contributed by atoms with Gasteiger partial charge < -0.3 is 20.9 Å². The number of thiophene rings is 1. The van der Waals surface area contributed by atoms with Crippen LogP contribution in [0.1, 0.15) is 39.8 Å². The molecule has 0 spiro atoms. The van der Waals surface area contributed by atoms with Gasteiger partial charge in [-0.2, -0.15) is 11.3 Å². The summed E-state index contributed by atoms with van der Waals surface area (Å²) >= 11 is 1.64. The molecule has 3 aromatic carbocycles. The quantitative estimate of drug-likeness (QED) is 0.223. The number of phenolic OH excluding ortho intramolecular Hbond substituents is 1. The van der Waals surface area contributed by atoms with Crippen LogP contribution in [0.4, 0.5) is 5.69 Å². The number of methoxy groups -OCH3 is 1. The number of benzene rings is 3. The zero-order valence-corrected chi connectivity index (χ0v) is 19.5. The van der Waals surface area contributed by atoms with E-state index >= 15 is 0 Å². The number of ether oxygens (including phenoxy) is 1. The van der Waals surface area contributed by atoms with Crippen molar-refractivity contribution in [2.75, 3.05) is 12.4 Å². The minimum absolute atomic E-state index is 0.0116. The predicted octanol–water partition coefficient (Wildman–Crippen LogP) is 5.88. The number of nitrogens with two attached hydrogens (primary N) is 1. The summed E-state index contributed by atoms with van der Waals surface area (Å²) in [7, 11) is 1.59. The Morgan fingerprint density at radius 3 is 2.71 bits per heavy atom. The Hall–Kier alpha value is -3.77. The molecule has 1 aromatic heterocycles. The first-order valence-corrected chi connectivity index (χ1v) is 12.3. The molecule has 1 aliphatic heterocycles. The molecule has 4 aromatic rings. The first kappa shape index (κ1) is 20.8. The van der Waals surface area contributed by atoms with Crippen molar-refractivity contribution in [1.82, 2.24) is 0 Å². The highest BCUT2D eigenvalue weighted by molar-refractivity contribution is 7.08. The summed E-state index contributed by atoms with van der Waals surface area (Å²) in [5, 5.41) is 26.5. The molecular weight excluding hydrogens is 442 g/mol. The highest BCUT2D eigenvalue weighted by atomic mass is 32.1. The predicted molar refractivity (Wildman–Crippen MR) is 137 cm³/mol. The molecule has 2 aliphatic rings. The van der Waals surface area contributed by atoms with Crippen molar-refractivity contribution in [3.63, 3.8) is 0 Å². The monoisotopic (exact) mass is 467 g/mol. The topological polar surface area (TPSA) is 91.4 Å². The Labute approximate surface area is 202 Å². The van der Waals surface area contributed by atoms with E-state index < -0.39 is 0 Å². The molecule has 6 rings (SSSR count). The van der Waals surface area contributed by atoms with Crippen LogP contribution in [0.15, 0.2) is 71.4 Å². The molecule has 34 heavy (non-hydrogen) atoms. The van der Waals surface area contributed by atoms with Crippen molar-refractivity contribution in [3.05, 3.63) is 99.2 Å². The molecule has 0 saturated heterocycles. The number of nitrogen functional groups attached to an aromatic ring is 1. The van der Waals surface area contributed by atoms with Gasteiger partial charge in [0.2, 0.25) is 0 Å². The van der Waals surface area contributed by atoms with Crippen LogP contribution >= 0.6 is 11.3 Å². The Bertz CT molecular complexity index is 1410. The standard InChI is InChI=1S/C28H25N3O2S/c1-33-25-13-20(19(12-24(25)32)17-8-9-34-14-17)27-22-10-15-4-2-3-5-18(15)26(22)21-11-16(28(29)30)6-7-23(21)31-27/h2-9,11-14,22,26-27,31-32H,10H2,1H3,(H3,29,30). The van der Waals surface area contributed by atoms with Crippen molar-refractivity contribution in [1.29, 1.82) is 5.41 Å². The number of phenols is 1. The number of hydrogen-bond acceptors (Lipinski definition) is 5. The van der Waals surface area contributed by atoms with Crippen LogP contribution in [0.3, 0.4) is 0 Å². The normalized spacial score (nSPS) is 20.1. The second-order valence-corrected chi connectivity index (χ2v) is 9.79. The van der Waals surface area contributed by atoms with Crippen LogP contribution in [0.5, 0.6) is 11.5 Å². The third-order valence-corrected chi connectivity index (χ3v) is 7.91. The Morgan fingerprint density at radius 1 is 1.09 bits per heavy atom. The number of rotatable bonds is 4. The van der Waals surface area contributed by atoms with Gasteiger partial charge in [0.1, 0.15) is 5.84 Å². The fourth-order valence-electron chi connectivity index (χ4n) is 5.71. The number of fused-ring (bicyclic) bond motifs is 5. The van der Waals surface area contributed by atoms with Gasteiger partial charge in [-0.15, -0.1) is 0 Å². The molecule has 3 unspecified atom stereocenters. The number of hydrogen-bond donors (Lipinski definition) is 4. The van der Waals surface area contributed by atoms with E-state index in [0.717, 1.165) is 34.4 Å². The Balaban J connectivity index is 1.57. The maximum absolute atomic E-state index is 10.6. The highest BCUT2D eigenvalue weighted by Gasteiger charge is 2.44. The van der Waals surface area contributed by atoms with Gasteiger partial charge in [0.25, 0.3) is 0 Å². The first-order valence-electron chi connectivity index (χ1n) is 11.3. The molecule has 0 amide bonds. The summed E-state index contributed by atoms with van der Waals surface area (Å²) < 4.78 is 5.52. The van der Waals surface area contributed by atoms with Gasteiger partial charge in [0, 0.05) is 17.2 Å². The third-order valence-electron chi connectivity index (χ3n) is 7.23. The molecule has 170 valence electrons. The average molecular weight is 468 g/mol. The van der Waals surface area contributed by atoms with Gasteiger partial charge >= 0.3 is 0 Å². The van der Waals surface area contributed by atoms with Crippen LogP contribution in [0.2, 0.25) is 0 Å². The van der Waals surface area contributed by atoms with E-state index in [9.17, 15) is 5.11 Å². The van der Waals surface area contributed by atoms with Crippen LogP contribution in [-0.4, -0.2) is 18.1 Å². The van der Waals surface area contributed by atoms with E-state index in [1.807, 2.05) is 24.3 Å². The summed E-state index contributed by atoms with van der Waals surface area (Å²) in [6, 6.07) is 20.6. The van der Waals surface area contributed by atoms with E-state index in [1.54, 1.807) is 18.4 Å². The van der Waals surface area contributed by atoms with Gasteiger partial charge in [0.15, 0.2) is 11.5 Å². The van der Waals surface area contributed by atoms with Gasteiger partial charge in [-0.25, -0.2) is 0 Å². The number of anilines is 1. The SMILES string of the molecule is COc1cc(C2Nc3ccc(C(=N)N)cc3C3c4ccccc4CC23)c(-c2ccsc2)cc1O. The molecule has 5 nitrogen and oxygen atoms in total. The lowest BCUT2D eigenvalue weighted by Crippen LogP contribution is -2.31. The van der Waals surface area contributed by atoms with Gasteiger partial charge in [-0.05, 0) is 92.9 Å². The van der Waals surface area contributed by atoms with Gasteiger partial charge in [-0.3, -0.25) is 5.41 Å². The lowest BCUT2D eigenvalue weighted by molar-refractivity contribution is 0.370. The minimum Gasteiger partial charge on any atom is -0.504 e. The van der Waals surface area contributed by atoms with Crippen LogP contribution in [-0.2, 0) is 6.42 Å². The molecular formula is C28H25N3O2S. The number of nitrogens with one attached hydrogen (secondary N) is 2. The summed E-state index contributed by atoms with van der Waals surface area (Å²) in [4.78, 5) is 0. The van der Waals surface area contributed by atoms with Crippen LogP contribution in [0, 0.1) is 11.3 Å². The van der Waals surface area contributed by atoms with Gasteiger partial charge in [-0.1, -0.05) is 24.3 Å². The van der Waals surface area contributed by atoms with Crippen molar-refractivity contribution in [2.24, 2.45) is 11.7 Å². The second-order valence-electron chi connectivity index (χ2n) is 9.01. The fourth-order valence-corrected chi connectivity index (χ4v) is 6.36. The zero-order chi connectivity index (χ0) is 23.4. The summed E-state index contributed by atoms with van der Waals surface area (Å²) in [5.41, 5.74) is 14.7. The molecule has 0 bridgehead atoms. The van der Waals surface area contributed by atoms with Gasteiger partial charge in [0.05, 0.1) is 13.2 Å². The van der Waals surface area contributed by atoms with Crippen molar-refractivity contribution >= 4 is 22.9 Å². The lowest BCUT2D eigenvalue weighted by atomic mass is 9.74. The highest BCUT2D eigenvalue weighted by Crippen LogP contribution is 2.55. The summed E-state index contributed by atoms with van der Waals surface area (Å²) in [5.74, 6) is 1.14. The molecule has 0 fully saturated rings. The maximum atomic E-state index is 10.6. The molecule has 0 saturated carbocycles. The molecule has 6 heteroatoms. The Morgan fingerprint density at radius 2 is 1.94 bits per heavy atom. The number of amidine groups is 1. The zero-order valence-electron chi connectivity index (χ0n) is 18.7. The largest absolute Gasteiger partial charge is 0.504 e. The van der Waals surface area contributed by atoms with Crippen molar-refractivity contribution < 1.29 is 9.84 Å². The molecule has 3 atom stereocenters. The maximum Gasteiger partial charge on any atom is 0.160 e. The summed E-state index contributed by atoms with van der Waals surface area (Å²) in [6.45, 7) is 0. The van der Waals surface area contributed by atoms with Crippen molar-refractivity contribution in [2.45, 2.75) is 18.4 Å². The van der Waals surface area contributed by atoms with Crippen molar-refractivity contribution in [3.8, 4) is 22.6 Å². The first-order chi connectivity index (χ1) is 16.5. The van der Waals surface area contributed by atoms with E-state index in [0.29, 0.717) is 5.75 Å². The van der Waals surface area contributed by atoms with E-state index in [2.05, 4.69) is 52.5 Å². The Kier molecular flexibility index (Phi) is 4.85. The molecule has 1 aliphatic carbocycles. The van der Waals surface area contributed by atoms with Crippen LogP contribution < -0.4 is 15.8 Å². The molecule has 2 heterocycles. The fraction of sp³-hybridized carbons (Fsp3) is 0.179. The number of aromatic hydroxyl groups is 1. The second kappa shape index (κ2) is 7.92. The van der Waals surface area contributed by atoms with E-state index in [-0.39, 0.29) is 29.5 Å². The molecule has 0 radical (unpaired) electrons. The van der Waals surface area contributed by atoms with Crippen LogP contribution in [0.25, 0.3) is 11.1 Å². The molecule has 5 N–H and O–H groups in total. The minimum atomic E-state index is 0.0116. The average Bonchev–Trinajstić information content (AvgIpc) is 3.51. The third kappa shape index (κ3) is 3.17. The smallest absolute Gasteiger partial charge is 0.160 e. The van der Waals surface area contributed by atoms with E-state index in [4.69, 9.17) is 15.9 Å². The lowest BCUT2D eigenvalue weighted by Gasteiger charge is -2.39. The summed E-state index contributed by atoms with van der Waals surface area (Å²) in [6.07, 6.45) is 0.939.